The molecule has 0 saturated heterocycles. The minimum absolute atomic E-state index is 0.355. The van der Waals surface area contributed by atoms with E-state index in [9.17, 15) is 4.39 Å². The highest BCUT2D eigenvalue weighted by atomic mass is 19.1. The first kappa shape index (κ1) is 11.1. The molecule has 2 aromatic rings. The van der Waals surface area contributed by atoms with Gasteiger partial charge in [0, 0.05) is 17.8 Å². The van der Waals surface area contributed by atoms with Crippen molar-refractivity contribution in [2.75, 3.05) is 5.73 Å². The van der Waals surface area contributed by atoms with E-state index in [2.05, 4.69) is 22.4 Å². The van der Waals surface area contributed by atoms with Crippen LogP contribution >= 0.6 is 0 Å². The first-order chi connectivity index (χ1) is 8.65. The molecule has 0 amide bonds. The highest BCUT2D eigenvalue weighted by molar-refractivity contribution is 5.71. The Morgan fingerprint density at radius 1 is 1.50 bits per heavy atom. The molecule has 18 heavy (non-hydrogen) atoms. The third-order valence-electron chi connectivity index (χ3n) is 3.47. The van der Waals surface area contributed by atoms with E-state index in [1.807, 2.05) is 0 Å². The molecule has 1 aliphatic carbocycles. The lowest BCUT2D eigenvalue weighted by Gasteiger charge is -2.06. The molecule has 1 aliphatic rings. The maximum Gasteiger partial charge on any atom is 0.184 e. The Morgan fingerprint density at radius 3 is 2.94 bits per heavy atom. The largest absolute Gasteiger partial charge is 0.398 e. The zero-order valence-corrected chi connectivity index (χ0v) is 10.0. The number of benzene rings is 1. The van der Waals surface area contributed by atoms with Crippen LogP contribution in [0.1, 0.15) is 13.3 Å². The molecule has 1 saturated carbocycles. The van der Waals surface area contributed by atoms with Crippen molar-refractivity contribution in [1.82, 2.24) is 20.2 Å². The SMILES string of the molecule is CC1CC1Cn1nnnc1-c1ccc(F)cc1N. The van der Waals surface area contributed by atoms with Crippen LogP contribution in [0.25, 0.3) is 11.4 Å². The number of anilines is 1. The minimum Gasteiger partial charge on any atom is -0.398 e. The number of hydrogen-bond donors (Lipinski definition) is 1. The summed E-state index contributed by atoms with van der Waals surface area (Å²) >= 11 is 0. The topological polar surface area (TPSA) is 69.6 Å². The van der Waals surface area contributed by atoms with Gasteiger partial charge in [-0.15, -0.1) is 5.10 Å². The fourth-order valence-corrected chi connectivity index (χ4v) is 2.13. The summed E-state index contributed by atoms with van der Waals surface area (Å²) in [6, 6.07) is 4.27. The molecule has 3 rings (SSSR count). The molecule has 0 spiro atoms. The summed E-state index contributed by atoms with van der Waals surface area (Å²) in [6.45, 7) is 3.00. The van der Waals surface area contributed by atoms with Gasteiger partial charge >= 0.3 is 0 Å². The summed E-state index contributed by atoms with van der Waals surface area (Å²) in [5.74, 6) is 1.61. The lowest BCUT2D eigenvalue weighted by molar-refractivity contribution is 0.528. The molecular formula is C12H14FN5. The van der Waals surface area contributed by atoms with Crippen molar-refractivity contribution in [2.45, 2.75) is 19.9 Å². The van der Waals surface area contributed by atoms with Gasteiger partial charge in [0.25, 0.3) is 0 Å². The molecule has 1 aromatic heterocycles. The van der Waals surface area contributed by atoms with Crippen LogP contribution in [0, 0.1) is 17.7 Å². The quantitative estimate of drug-likeness (QED) is 0.838. The molecule has 0 bridgehead atoms. The van der Waals surface area contributed by atoms with Crippen molar-refractivity contribution < 1.29 is 4.39 Å². The van der Waals surface area contributed by atoms with Gasteiger partial charge < -0.3 is 5.73 Å². The third kappa shape index (κ3) is 1.94. The fraction of sp³-hybridized carbons (Fsp3) is 0.417. The van der Waals surface area contributed by atoms with Crippen LogP contribution < -0.4 is 5.73 Å². The van der Waals surface area contributed by atoms with Crippen molar-refractivity contribution >= 4 is 5.69 Å². The van der Waals surface area contributed by atoms with Gasteiger partial charge in [-0.25, -0.2) is 9.07 Å². The van der Waals surface area contributed by atoms with Crippen LogP contribution in [-0.2, 0) is 6.54 Å². The summed E-state index contributed by atoms with van der Waals surface area (Å²) in [7, 11) is 0. The summed E-state index contributed by atoms with van der Waals surface area (Å²) in [5.41, 5.74) is 6.84. The average molecular weight is 247 g/mol. The highest BCUT2D eigenvalue weighted by Gasteiger charge is 2.33. The highest BCUT2D eigenvalue weighted by Crippen LogP contribution is 2.39. The summed E-state index contributed by atoms with van der Waals surface area (Å²) in [6.07, 6.45) is 1.21. The van der Waals surface area contributed by atoms with Gasteiger partial charge in [-0.1, -0.05) is 6.92 Å². The van der Waals surface area contributed by atoms with E-state index in [0.717, 1.165) is 12.5 Å². The first-order valence-corrected chi connectivity index (χ1v) is 5.96. The van der Waals surface area contributed by atoms with E-state index < -0.39 is 0 Å². The Hall–Kier alpha value is -1.98. The molecule has 94 valence electrons. The summed E-state index contributed by atoms with van der Waals surface area (Å²) in [5, 5.41) is 11.6. The van der Waals surface area contributed by atoms with E-state index in [4.69, 9.17) is 5.73 Å². The van der Waals surface area contributed by atoms with Crippen LogP contribution in [0.5, 0.6) is 0 Å². The number of halogens is 1. The van der Waals surface area contributed by atoms with E-state index in [1.165, 1.54) is 18.6 Å². The third-order valence-corrected chi connectivity index (χ3v) is 3.47. The van der Waals surface area contributed by atoms with Gasteiger partial charge in [0.15, 0.2) is 5.82 Å². The standard InChI is InChI=1S/C12H14FN5/c1-7-4-8(7)6-18-12(15-16-17-18)10-3-2-9(13)5-11(10)14/h2-3,5,7-8H,4,6,14H2,1H3. The van der Waals surface area contributed by atoms with Gasteiger partial charge in [-0.3, -0.25) is 0 Å². The normalized spacial score (nSPS) is 22.1. The van der Waals surface area contributed by atoms with Gasteiger partial charge in [0.05, 0.1) is 0 Å². The lowest BCUT2D eigenvalue weighted by Crippen LogP contribution is -2.06. The van der Waals surface area contributed by atoms with Crippen LogP contribution in [0.4, 0.5) is 10.1 Å². The maximum absolute atomic E-state index is 13.0. The van der Waals surface area contributed by atoms with Crippen molar-refractivity contribution in [2.24, 2.45) is 11.8 Å². The maximum atomic E-state index is 13.0. The number of nitrogen functional groups attached to an aromatic ring is 1. The molecule has 0 radical (unpaired) electrons. The van der Waals surface area contributed by atoms with E-state index in [1.54, 1.807) is 10.7 Å². The summed E-state index contributed by atoms with van der Waals surface area (Å²) < 4.78 is 14.8. The lowest BCUT2D eigenvalue weighted by atomic mass is 10.1. The van der Waals surface area contributed by atoms with Gasteiger partial charge in [0.1, 0.15) is 5.82 Å². The Balaban J connectivity index is 1.93. The molecule has 2 atom stereocenters. The Morgan fingerprint density at radius 2 is 2.28 bits per heavy atom. The van der Waals surface area contributed by atoms with Crippen molar-refractivity contribution in [3.8, 4) is 11.4 Å². The Bertz CT molecular complexity index is 580. The number of aromatic nitrogens is 4. The molecule has 0 aliphatic heterocycles. The zero-order valence-electron chi connectivity index (χ0n) is 10.0. The number of rotatable bonds is 3. The Kier molecular flexibility index (Phi) is 2.50. The molecule has 5 nitrogen and oxygen atoms in total. The molecule has 2 N–H and O–H groups in total. The van der Waals surface area contributed by atoms with Crippen molar-refractivity contribution in [1.29, 1.82) is 0 Å². The van der Waals surface area contributed by atoms with Crippen LogP contribution in [0.15, 0.2) is 18.2 Å². The smallest absolute Gasteiger partial charge is 0.184 e. The van der Waals surface area contributed by atoms with Crippen LogP contribution in [0.3, 0.4) is 0 Å². The van der Waals surface area contributed by atoms with Crippen molar-refractivity contribution in [3.63, 3.8) is 0 Å². The predicted octanol–water partition coefficient (Wildman–Crippen LogP) is 1.72. The fourth-order valence-electron chi connectivity index (χ4n) is 2.13. The van der Waals surface area contributed by atoms with E-state index in [0.29, 0.717) is 23.0 Å². The molecule has 6 heteroatoms. The number of nitrogens with two attached hydrogens (primary N) is 1. The molecular weight excluding hydrogens is 233 g/mol. The number of tetrazole rings is 1. The predicted molar refractivity (Wildman–Crippen MR) is 64.9 cm³/mol. The monoisotopic (exact) mass is 247 g/mol. The molecule has 1 aromatic carbocycles. The van der Waals surface area contributed by atoms with E-state index in [-0.39, 0.29) is 5.82 Å². The second-order valence-corrected chi connectivity index (χ2v) is 4.89. The van der Waals surface area contributed by atoms with E-state index >= 15 is 0 Å². The second-order valence-electron chi connectivity index (χ2n) is 4.89. The number of hydrogen-bond acceptors (Lipinski definition) is 4. The van der Waals surface area contributed by atoms with Gasteiger partial charge in [-0.2, -0.15) is 0 Å². The van der Waals surface area contributed by atoms with Crippen molar-refractivity contribution in [3.05, 3.63) is 24.0 Å². The minimum atomic E-state index is -0.355. The summed E-state index contributed by atoms with van der Waals surface area (Å²) in [4.78, 5) is 0. The molecule has 1 heterocycles. The first-order valence-electron chi connectivity index (χ1n) is 5.96. The van der Waals surface area contributed by atoms with Crippen LogP contribution in [-0.4, -0.2) is 20.2 Å². The van der Waals surface area contributed by atoms with Gasteiger partial charge in [-0.05, 0) is 46.9 Å². The second kappa shape index (κ2) is 4.04. The van der Waals surface area contributed by atoms with Crippen LogP contribution in [0.2, 0.25) is 0 Å². The molecule has 1 fully saturated rings. The average Bonchev–Trinajstić information content (AvgIpc) is 2.83. The zero-order chi connectivity index (χ0) is 12.7. The Labute approximate surface area is 104 Å². The number of nitrogens with zero attached hydrogens (tertiary/aromatic N) is 4. The molecule has 2 unspecified atom stereocenters. The van der Waals surface area contributed by atoms with Gasteiger partial charge in [0.2, 0.25) is 0 Å².